The second kappa shape index (κ2) is 7.02. The number of hydrogen-bond donors (Lipinski definition) is 1. The first kappa shape index (κ1) is 15.8. The molecular weight excluding hydrogens is 324 g/mol. The van der Waals surface area contributed by atoms with Crippen LogP contribution in [0.2, 0.25) is 0 Å². The van der Waals surface area contributed by atoms with E-state index < -0.39 is 0 Å². The van der Waals surface area contributed by atoms with Crippen LogP contribution in [-0.2, 0) is 11.3 Å². The lowest BCUT2D eigenvalue weighted by Crippen LogP contribution is -2.29. The smallest absolute Gasteiger partial charge is 0.276 e. The number of amides is 1. The van der Waals surface area contributed by atoms with Gasteiger partial charge in [-0.15, -0.1) is 6.42 Å². The van der Waals surface area contributed by atoms with Crippen molar-refractivity contribution in [3.63, 3.8) is 0 Å². The van der Waals surface area contributed by atoms with Crippen LogP contribution in [0.1, 0.15) is 11.3 Å². The van der Waals surface area contributed by atoms with Crippen molar-refractivity contribution in [3.8, 4) is 18.1 Å². The van der Waals surface area contributed by atoms with Crippen molar-refractivity contribution in [1.29, 1.82) is 0 Å². The summed E-state index contributed by atoms with van der Waals surface area (Å²) in [6.45, 7) is 0.518. The van der Waals surface area contributed by atoms with Gasteiger partial charge in [0.1, 0.15) is 23.8 Å². The fourth-order valence-electron chi connectivity index (χ4n) is 2.23. The van der Waals surface area contributed by atoms with E-state index in [0.29, 0.717) is 28.9 Å². The molecule has 24 heavy (non-hydrogen) atoms. The highest BCUT2D eigenvalue weighted by Gasteiger charge is 2.31. The molecule has 1 N–H and O–H groups in total. The Morgan fingerprint density at radius 2 is 2.12 bits per heavy atom. The highest BCUT2D eigenvalue weighted by atomic mass is 32.1. The molecule has 2 aromatic rings. The molecular formula is C18H14N2O3S. The topological polar surface area (TPSA) is 54.7 Å². The molecule has 120 valence electrons. The van der Waals surface area contributed by atoms with Gasteiger partial charge in [-0.1, -0.05) is 18.1 Å². The maximum absolute atomic E-state index is 12.5. The highest BCUT2D eigenvalue weighted by Crippen LogP contribution is 2.19. The minimum Gasteiger partial charge on any atom is -0.481 e. The molecule has 0 spiro atoms. The number of ether oxygens (including phenoxy) is 1. The fourth-order valence-corrected chi connectivity index (χ4v) is 2.48. The molecule has 1 aliphatic rings. The lowest BCUT2D eigenvalue weighted by atomic mass is 10.2. The number of carbonyl (C=O) groups excluding carboxylic acids is 1. The summed E-state index contributed by atoms with van der Waals surface area (Å²) >= 11 is 5.23. The maximum Gasteiger partial charge on any atom is 0.276 e. The van der Waals surface area contributed by atoms with Crippen LogP contribution >= 0.6 is 12.2 Å². The zero-order valence-corrected chi connectivity index (χ0v) is 13.5. The number of rotatable bonds is 5. The maximum atomic E-state index is 12.5. The van der Waals surface area contributed by atoms with Gasteiger partial charge in [0, 0.05) is 0 Å². The van der Waals surface area contributed by atoms with Crippen LogP contribution in [0.4, 0.5) is 0 Å². The van der Waals surface area contributed by atoms with Crippen molar-refractivity contribution >= 4 is 29.3 Å². The Kier molecular flexibility index (Phi) is 4.64. The van der Waals surface area contributed by atoms with Crippen LogP contribution in [0.25, 0.3) is 6.08 Å². The van der Waals surface area contributed by atoms with Gasteiger partial charge in [-0.2, -0.15) is 0 Å². The SMILES string of the molecule is C#CCOc1ccc(/C=C2/NC(=S)N(Cc3ccco3)C2=O)cc1. The summed E-state index contributed by atoms with van der Waals surface area (Å²) < 4.78 is 10.6. The Balaban J connectivity index is 1.72. The van der Waals surface area contributed by atoms with Gasteiger partial charge in [0.05, 0.1) is 12.8 Å². The fraction of sp³-hybridized carbons (Fsp3) is 0.111. The molecule has 1 aliphatic heterocycles. The molecule has 1 amide bonds. The normalized spacial score (nSPS) is 15.5. The number of furan rings is 1. The largest absolute Gasteiger partial charge is 0.481 e. The van der Waals surface area contributed by atoms with Crippen LogP contribution in [0.5, 0.6) is 5.75 Å². The number of terminal acetylenes is 1. The minimum atomic E-state index is -0.191. The third kappa shape index (κ3) is 3.47. The average Bonchev–Trinajstić information content (AvgIpc) is 3.19. The first-order chi connectivity index (χ1) is 11.7. The van der Waals surface area contributed by atoms with Gasteiger partial charge in [0.25, 0.3) is 5.91 Å². The third-order valence-electron chi connectivity index (χ3n) is 3.37. The first-order valence-corrected chi connectivity index (χ1v) is 7.61. The molecule has 6 heteroatoms. The predicted molar refractivity (Wildman–Crippen MR) is 93.7 cm³/mol. The van der Waals surface area contributed by atoms with Crippen LogP contribution in [0.3, 0.4) is 0 Å². The van der Waals surface area contributed by atoms with Crippen LogP contribution in [0, 0.1) is 12.3 Å². The Bertz CT molecular complexity index is 817. The quantitative estimate of drug-likeness (QED) is 0.516. The summed E-state index contributed by atoms with van der Waals surface area (Å²) in [4.78, 5) is 13.9. The Morgan fingerprint density at radius 1 is 1.33 bits per heavy atom. The molecule has 0 radical (unpaired) electrons. The zero-order chi connectivity index (χ0) is 16.9. The van der Waals surface area contributed by atoms with Crippen LogP contribution < -0.4 is 10.1 Å². The Hall–Kier alpha value is -3.04. The Morgan fingerprint density at radius 3 is 2.79 bits per heavy atom. The molecule has 5 nitrogen and oxygen atoms in total. The van der Waals surface area contributed by atoms with Gasteiger partial charge >= 0.3 is 0 Å². The standard InChI is InChI=1S/C18H14N2O3S/c1-2-9-22-14-7-5-13(6-8-14)11-16-17(21)20(18(24)19-16)12-15-4-3-10-23-15/h1,3-8,10-11H,9,12H2,(H,19,24)/b16-11+. The summed E-state index contributed by atoms with van der Waals surface area (Å²) in [7, 11) is 0. The lowest BCUT2D eigenvalue weighted by Gasteiger charge is -2.11. The second-order valence-corrected chi connectivity index (χ2v) is 5.41. The number of benzene rings is 1. The van der Waals surface area contributed by atoms with E-state index in [1.807, 2.05) is 12.1 Å². The molecule has 2 heterocycles. The van der Waals surface area contributed by atoms with E-state index in [9.17, 15) is 4.79 Å². The molecule has 1 saturated heterocycles. The molecule has 0 aliphatic carbocycles. The van der Waals surface area contributed by atoms with E-state index >= 15 is 0 Å². The van der Waals surface area contributed by atoms with Crippen LogP contribution in [-0.4, -0.2) is 22.5 Å². The summed E-state index contributed by atoms with van der Waals surface area (Å²) in [5.41, 5.74) is 1.27. The summed E-state index contributed by atoms with van der Waals surface area (Å²) in [6, 6.07) is 10.8. The van der Waals surface area contributed by atoms with Crippen molar-refractivity contribution in [2.24, 2.45) is 0 Å². The van der Waals surface area contributed by atoms with Gasteiger partial charge in [0.15, 0.2) is 5.11 Å². The first-order valence-electron chi connectivity index (χ1n) is 7.20. The third-order valence-corrected chi connectivity index (χ3v) is 3.69. The van der Waals surface area contributed by atoms with Crippen molar-refractivity contribution in [2.45, 2.75) is 6.54 Å². The predicted octanol–water partition coefficient (Wildman–Crippen LogP) is 2.55. The zero-order valence-electron chi connectivity index (χ0n) is 12.7. The van der Waals surface area contributed by atoms with Gasteiger partial charge in [-0.05, 0) is 48.1 Å². The molecule has 1 fully saturated rings. The van der Waals surface area contributed by atoms with E-state index in [2.05, 4.69) is 11.2 Å². The number of thiocarbonyl (C=S) groups is 1. The summed E-state index contributed by atoms with van der Waals surface area (Å²) in [5, 5.41) is 3.29. The molecule has 0 atom stereocenters. The lowest BCUT2D eigenvalue weighted by molar-refractivity contribution is -0.122. The van der Waals surface area contributed by atoms with Crippen molar-refractivity contribution in [2.75, 3.05) is 6.61 Å². The molecule has 0 unspecified atom stereocenters. The van der Waals surface area contributed by atoms with Crippen molar-refractivity contribution in [3.05, 3.63) is 59.7 Å². The van der Waals surface area contributed by atoms with E-state index in [0.717, 1.165) is 5.56 Å². The molecule has 1 aromatic heterocycles. The number of nitrogens with one attached hydrogen (secondary N) is 1. The van der Waals surface area contributed by atoms with Crippen molar-refractivity contribution < 1.29 is 13.9 Å². The second-order valence-electron chi connectivity index (χ2n) is 5.02. The highest BCUT2D eigenvalue weighted by molar-refractivity contribution is 7.80. The monoisotopic (exact) mass is 338 g/mol. The van der Waals surface area contributed by atoms with E-state index in [-0.39, 0.29) is 12.5 Å². The molecule has 0 bridgehead atoms. The van der Waals surface area contributed by atoms with E-state index in [1.54, 1.807) is 36.6 Å². The number of nitrogens with zero attached hydrogens (tertiary/aromatic N) is 1. The van der Waals surface area contributed by atoms with E-state index in [1.165, 1.54) is 4.90 Å². The molecule has 3 rings (SSSR count). The number of carbonyl (C=O) groups is 1. The minimum absolute atomic E-state index is 0.191. The summed E-state index contributed by atoms with van der Waals surface area (Å²) in [5.74, 6) is 3.56. The van der Waals surface area contributed by atoms with Gasteiger partial charge in [-0.25, -0.2) is 0 Å². The average molecular weight is 338 g/mol. The number of hydrogen-bond acceptors (Lipinski definition) is 4. The van der Waals surface area contributed by atoms with Gasteiger partial charge in [0.2, 0.25) is 0 Å². The van der Waals surface area contributed by atoms with E-state index in [4.69, 9.17) is 27.8 Å². The molecule has 0 saturated carbocycles. The Labute approximate surface area is 144 Å². The van der Waals surface area contributed by atoms with Crippen molar-refractivity contribution in [1.82, 2.24) is 10.2 Å². The van der Waals surface area contributed by atoms with Gasteiger partial charge < -0.3 is 14.5 Å². The summed E-state index contributed by atoms with van der Waals surface area (Å²) in [6.07, 6.45) is 8.45. The van der Waals surface area contributed by atoms with Gasteiger partial charge in [-0.3, -0.25) is 9.69 Å². The molecule has 1 aromatic carbocycles. The van der Waals surface area contributed by atoms with Crippen LogP contribution in [0.15, 0.2) is 52.8 Å².